The minimum absolute atomic E-state index is 0.462. The normalized spacial score (nSPS) is 10.9. The van der Waals surface area contributed by atoms with Crippen molar-refractivity contribution >= 4 is 22.7 Å². The molecule has 138 valence electrons. The first kappa shape index (κ1) is 17.8. The molecule has 28 heavy (non-hydrogen) atoms. The Bertz CT molecular complexity index is 1090. The second-order valence-corrected chi connectivity index (χ2v) is 6.81. The molecule has 7 heteroatoms. The third kappa shape index (κ3) is 4.57. The summed E-state index contributed by atoms with van der Waals surface area (Å²) in [6, 6.07) is 17.6. The highest BCUT2D eigenvalue weighted by atomic mass is 32.1. The molecule has 0 aliphatic heterocycles. The second kappa shape index (κ2) is 8.41. The van der Waals surface area contributed by atoms with Gasteiger partial charge in [0.05, 0.1) is 23.8 Å². The molecule has 4 rings (SSSR count). The fraction of sp³-hybridized carbons (Fsp3) is 0.0476. The number of ether oxygens (including phenoxy) is 1. The quantitative estimate of drug-likeness (QED) is 0.366. The Labute approximate surface area is 166 Å². The predicted molar refractivity (Wildman–Crippen MR) is 112 cm³/mol. The molecule has 6 nitrogen and oxygen atoms in total. The van der Waals surface area contributed by atoms with E-state index < -0.39 is 0 Å². The molecule has 0 spiro atoms. The van der Waals surface area contributed by atoms with Crippen LogP contribution in [0.15, 0.2) is 77.5 Å². The Morgan fingerprint density at radius 2 is 1.93 bits per heavy atom. The number of nitrogens with zero attached hydrogens (tertiary/aromatic N) is 4. The lowest BCUT2D eigenvalue weighted by Crippen LogP contribution is -1.93. The maximum Gasteiger partial charge on any atom is 0.238 e. The number of hydrogen-bond acceptors (Lipinski definition) is 7. The van der Waals surface area contributed by atoms with E-state index in [0.717, 1.165) is 27.6 Å². The molecule has 0 saturated heterocycles. The molecule has 2 aromatic heterocycles. The van der Waals surface area contributed by atoms with Crippen molar-refractivity contribution in [3.63, 3.8) is 0 Å². The zero-order valence-corrected chi connectivity index (χ0v) is 15.9. The molecular formula is C21H17N5OS. The molecule has 2 aromatic carbocycles. The van der Waals surface area contributed by atoms with Gasteiger partial charge in [0.15, 0.2) is 0 Å². The lowest BCUT2D eigenvalue weighted by atomic mass is 10.2. The molecule has 0 unspecified atom stereocenters. The van der Waals surface area contributed by atoms with E-state index >= 15 is 0 Å². The third-order valence-electron chi connectivity index (χ3n) is 3.76. The molecule has 0 fully saturated rings. The van der Waals surface area contributed by atoms with E-state index in [-0.39, 0.29) is 0 Å². The molecule has 1 N–H and O–H groups in total. The lowest BCUT2D eigenvalue weighted by molar-refractivity contribution is 0.458. The molecular weight excluding hydrogens is 370 g/mol. The van der Waals surface area contributed by atoms with Crippen LogP contribution in [0.1, 0.15) is 11.3 Å². The van der Waals surface area contributed by atoms with Crippen molar-refractivity contribution in [2.75, 3.05) is 5.43 Å². The van der Waals surface area contributed by atoms with Crippen LogP contribution in [-0.4, -0.2) is 21.2 Å². The second-order valence-electron chi connectivity index (χ2n) is 5.95. The van der Waals surface area contributed by atoms with E-state index in [1.807, 2.05) is 66.9 Å². The Morgan fingerprint density at radius 1 is 1.04 bits per heavy atom. The summed E-state index contributed by atoms with van der Waals surface area (Å²) in [6.07, 6.45) is 4.99. The van der Waals surface area contributed by atoms with E-state index in [1.54, 1.807) is 18.6 Å². The molecule has 4 aromatic rings. The smallest absolute Gasteiger partial charge is 0.238 e. The highest BCUT2D eigenvalue weighted by molar-refractivity contribution is 7.14. The van der Waals surface area contributed by atoms with Gasteiger partial charge < -0.3 is 4.74 Å². The van der Waals surface area contributed by atoms with Crippen LogP contribution in [0.5, 0.6) is 11.6 Å². The molecule has 0 atom stereocenters. The van der Waals surface area contributed by atoms with Crippen molar-refractivity contribution in [2.45, 2.75) is 6.92 Å². The number of rotatable bonds is 6. The van der Waals surface area contributed by atoms with Crippen LogP contribution in [0.3, 0.4) is 0 Å². The van der Waals surface area contributed by atoms with Gasteiger partial charge in [-0.2, -0.15) is 5.10 Å². The number of benzene rings is 2. The lowest BCUT2D eigenvalue weighted by Gasteiger charge is -2.05. The minimum atomic E-state index is 0.462. The van der Waals surface area contributed by atoms with Crippen LogP contribution < -0.4 is 10.2 Å². The summed E-state index contributed by atoms with van der Waals surface area (Å²) in [7, 11) is 0. The maximum atomic E-state index is 5.75. The number of hydrogen-bond donors (Lipinski definition) is 1. The monoisotopic (exact) mass is 387 g/mol. The molecule has 0 aliphatic carbocycles. The zero-order valence-electron chi connectivity index (χ0n) is 15.1. The third-order valence-corrected chi connectivity index (χ3v) is 4.51. The van der Waals surface area contributed by atoms with Gasteiger partial charge >= 0.3 is 0 Å². The highest BCUT2D eigenvalue weighted by Crippen LogP contribution is 2.24. The summed E-state index contributed by atoms with van der Waals surface area (Å²) in [5, 5.41) is 7.01. The van der Waals surface area contributed by atoms with Crippen molar-refractivity contribution in [3.8, 4) is 22.9 Å². The predicted octanol–water partition coefficient (Wildman–Crippen LogP) is 5.15. The SMILES string of the molecule is Cc1cncc(Oc2cccc(C=NNc3nc(-c4ccccc4)cs3)c2)n1. The van der Waals surface area contributed by atoms with Gasteiger partial charge in [-0.1, -0.05) is 42.5 Å². The average molecular weight is 387 g/mol. The van der Waals surface area contributed by atoms with Gasteiger partial charge in [-0.05, 0) is 24.6 Å². The summed E-state index contributed by atoms with van der Waals surface area (Å²) >= 11 is 1.51. The van der Waals surface area contributed by atoms with Crippen molar-refractivity contribution < 1.29 is 4.74 Å². The topological polar surface area (TPSA) is 72.3 Å². The summed E-state index contributed by atoms with van der Waals surface area (Å²) in [6.45, 7) is 1.87. The van der Waals surface area contributed by atoms with Crippen LogP contribution in [0.25, 0.3) is 11.3 Å². The molecule has 0 aliphatic rings. The van der Waals surface area contributed by atoms with Gasteiger partial charge in [-0.25, -0.2) is 9.97 Å². The van der Waals surface area contributed by atoms with E-state index in [0.29, 0.717) is 11.6 Å². The number of thiazole rings is 1. The van der Waals surface area contributed by atoms with E-state index in [4.69, 9.17) is 4.74 Å². The van der Waals surface area contributed by atoms with Crippen molar-refractivity contribution in [2.24, 2.45) is 5.10 Å². The maximum absolute atomic E-state index is 5.75. The summed E-state index contributed by atoms with van der Waals surface area (Å²) < 4.78 is 5.75. The van der Waals surface area contributed by atoms with E-state index in [1.165, 1.54) is 11.3 Å². The molecule has 2 heterocycles. The van der Waals surface area contributed by atoms with Gasteiger partial charge in [-0.3, -0.25) is 10.4 Å². The first-order valence-electron chi connectivity index (χ1n) is 8.63. The van der Waals surface area contributed by atoms with Crippen molar-refractivity contribution in [3.05, 3.63) is 83.6 Å². The largest absolute Gasteiger partial charge is 0.437 e. The fourth-order valence-corrected chi connectivity index (χ4v) is 3.17. The van der Waals surface area contributed by atoms with Crippen molar-refractivity contribution in [1.29, 1.82) is 0 Å². The number of aromatic nitrogens is 3. The van der Waals surface area contributed by atoms with Gasteiger partial charge in [-0.15, -0.1) is 11.3 Å². The first-order valence-corrected chi connectivity index (χ1v) is 9.51. The summed E-state index contributed by atoms with van der Waals surface area (Å²) in [4.78, 5) is 12.9. The van der Waals surface area contributed by atoms with Crippen LogP contribution in [0, 0.1) is 6.92 Å². The van der Waals surface area contributed by atoms with E-state index in [2.05, 4.69) is 25.5 Å². The Morgan fingerprint density at radius 3 is 2.79 bits per heavy atom. The molecule has 0 amide bonds. The molecule has 0 saturated carbocycles. The average Bonchev–Trinajstić information content (AvgIpc) is 3.18. The number of aryl methyl sites for hydroxylation is 1. The van der Waals surface area contributed by atoms with E-state index in [9.17, 15) is 0 Å². The Balaban J connectivity index is 1.41. The number of anilines is 1. The van der Waals surface area contributed by atoms with Crippen LogP contribution in [-0.2, 0) is 0 Å². The molecule has 0 bridgehead atoms. The number of hydrazone groups is 1. The van der Waals surface area contributed by atoms with Gasteiger partial charge in [0.25, 0.3) is 0 Å². The van der Waals surface area contributed by atoms with Crippen LogP contribution in [0.4, 0.5) is 5.13 Å². The fourth-order valence-electron chi connectivity index (χ4n) is 2.50. The van der Waals surface area contributed by atoms with Crippen LogP contribution >= 0.6 is 11.3 Å². The van der Waals surface area contributed by atoms with Gasteiger partial charge in [0.2, 0.25) is 11.0 Å². The molecule has 0 radical (unpaired) electrons. The van der Waals surface area contributed by atoms with Crippen LogP contribution in [0.2, 0.25) is 0 Å². The highest BCUT2D eigenvalue weighted by Gasteiger charge is 2.03. The number of nitrogens with one attached hydrogen (secondary N) is 1. The Hall–Kier alpha value is -3.58. The van der Waals surface area contributed by atoms with Gasteiger partial charge in [0.1, 0.15) is 5.75 Å². The zero-order chi connectivity index (χ0) is 19.2. The Kier molecular flexibility index (Phi) is 5.35. The minimum Gasteiger partial charge on any atom is -0.437 e. The summed E-state index contributed by atoms with van der Waals surface area (Å²) in [5.74, 6) is 1.13. The standard InChI is InChI=1S/C21H17N5OS/c1-15-11-22-13-20(24-15)27-18-9-5-6-16(10-18)12-23-26-21-25-19(14-28-21)17-7-3-2-4-8-17/h2-14H,1H3,(H,25,26). The van der Waals surface area contributed by atoms with Gasteiger partial charge in [0, 0.05) is 17.1 Å². The van der Waals surface area contributed by atoms with Crippen molar-refractivity contribution in [1.82, 2.24) is 15.0 Å². The summed E-state index contributed by atoms with van der Waals surface area (Å²) in [5.41, 5.74) is 6.68. The first-order chi connectivity index (χ1) is 13.8.